The maximum atomic E-state index is 4.22. The van der Waals surface area contributed by atoms with Crippen molar-refractivity contribution >= 4 is 28.2 Å². The first kappa shape index (κ1) is 7.02. The predicted octanol–water partition coefficient (Wildman–Crippen LogP) is 1.64. The minimum atomic E-state index is 0.814. The van der Waals surface area contributed by atoms with Crippen LogP contribution in [0.1, 0.15) is 5.82 Å². The fourth-order valence-electron chi connectivity index (χ4n) is 0.981. The maximum absolute atomic E-state index is 4.22. The first-order chi connectivity index (χ1) is 5.27. The molecular weight excluding hydrogens is 253 g/mol. The van der Waals surface area contributed by atoms with Gasteiger partial charge in [-0.1, -0.05) is 6.07 Å². The van der Waals surface area contributed by atoms with E-state index in [2.05, 4.69) is 32.7 Å². The van der Waals surface area contributed by atoms with Crippen molar-refractivity contribution in [3.8, 4) is 0 Å². The van der Waals surface area contributed by atoms with Gasteiger partial charge in [0, 0.05) is 0 Å². The molecule has 0 spiro atoms. The van der Waals surface area contributed by atoms with Gasteiger partial charge in [0.25, 0.3) is 0 Å². The Balaban J connectivity index is 2.90. The van der Waals surface area contributed by atoms with E-state index in [0.29, 0.717) is 0 Å². The standard InChI is InChI=1S/C7H6IN3/c1-5-9-7-4-2-3-6(8)11(7)10-5/h2-4H,1H3. The van der Waals surface area contributed by atoms with Gasteiger partial charge in [-0.15, -0.1) is 0 Å². The molecule has 0 aliphatic rings. The normalized spacial score (nSPS) is 10.7. The molecule has 0 amide bonds. The van der Waals surface area contributed by atoms with Crippen LogP contribution >= 0.6 is 22.6 Å². The lowest BCUT2D eigenvalue weighted by Crippen LogP contribution is -1.91. The van der Waals surface area contributed by atoms with Crippen LogP contribution in [-0.2, 0) is 0 Å². The maximum Gasteiger partial charge on any atom is 0.156 e. The van der Waals surface area contributed by atoms with Crippen molar-refractivity contribution in [1.29, 1.82) is 0 Å². The summed E-state index contributed by atoms with van der Waals surface area (Å²) in [5.41, 5.74) is 0.911. The Hall–Kier alpha value is -0.650. The second kappa shape index (κ2) is 2.44. The SMILES string of the molecule is Cc1nc2cccc(I)n2n1. The van der Waals surface area contributed by atoms with Crippen LogP contribution in [-0.4, -0.2) is 14.6 Å². The first-order valence-electron chi connectivity index (χ1n) is 3.25. The number of halogens is 1. The van der Waals surface area contributed by atoms with E-state index in [0.717, 1.165) is 15.2 Å². The van der Waals surface area contributed by atoms with Crippen LogP contribution in [0.25, 0.3) is 5.65 Å². The third-order valence-electron chi connectivity index (χ3n) is 1.42. The molecule has 0 bridgehead atoms. The lowest BCUT2D eigenvalue weighted by molar-refractivity contribution is 0.907. The van der Waals surface area contributed by atoms with Crippen molar-refractivity contribution in [1.82, 2.24) is 14.6 Å². The van der Waals surface area contributed by atoms with E-state index in [-0.39, 0.29) is 0 Å². The van der Waals surface area contributed by atoms with Crippen LogP contribution < -0.4 is 0 Å². The smallest absolute Gasteiger partial charge is 0.156 e. The van der Waals surface area contributed by atoms with E-state index in [4.69, 9.17) is 0 Å². The molecule has 0 aliphatic carbocycles. The third kappa shape index (κ3) is 1.11. The highest BCUT2D eigenvalue weighted by molar-refractivity contribution is 14.1. The summed E-state index contributed by atoms with van der Waals surface area (Å²) in [6, 6.07) is 5.93. The van der Waals surface area contributed by atoms with Gasteiger partial charge in [-0.2, -0.15) is 5.10 Å². The van der Waals surface area contributed by atoms with E-state index in [9.17, 15) is 0 Å². The van der Waals surface area contributed by atoms with Crippen LogP contribution in [0, 0.1) is 10.6 Å². The van der Waals surface area contributed by atoms with E-state index in [1.807, 2.05) is 29.6 Å². The molecule has 0 aliphatic heterocycles. The zero-order valence-corrected chi connectivity index (χ0v) is 8.11. The summed E-state index contributed by atoms with van der Waals surface area (Å²) in [5.74, 6) is 0.814. The summed E-state index contributed by atoms with van der Waals surface area (Å²) in [6.07, 6.45) is 0. The van der Waals surface area contributed by atoms with Crippen molar-refractivity contribution < 1.29 is 0 Å². The van der Waals surface area contributed by atoms with Gasteiger partial charge < -0.3 is 0 Å². The number of hydrogen-bond acceptors (Lipinski definition) is 2. The minimum absolute atomic E-state index is 0.814. The summed E-state index contributed by atoms with van der Waals surface area (Å²) >= 11 is 2.23. The molecule has 0 atom stereocenters. The molecule has 11 heavy (non-hydrogen) atoms. The molecule has 56 valence electrons. The van der Waals surface area contributed by atoms with Crippen LogP contribution in [0.3, 0.4) is 0 Å². The molecule has 2 aromatic heterocycles. The van der Waals surface area contributed by atoms with Crippen molar-refractivity contribution in [2.45, 2.75) is 6.92 Å². The quantitative estimate of drug-likeness (QED) is 0.531. The summed E-state index contributed by atoms with van der Waals surface area (Å²) in [5, 5.41) is 4.21. The molecule has 0 aromatic carbocycles. The van der Waals surface area contributed by atoms with E-state index in [1.165, 1.54) is 0 Å². The Kier molecular flexibility index (Phi) is 1.56. The van der Waals surface area contributed by atoms with Gasteiger partial charge in [-0.25, -0.2) is 9.50 Å². The predicted molar refractivity (Wildman–Crippen MR) is 50.4 cm³/mol. The van der Waals surface area contributed by atoms with Gasteiger partial charge in [0.1, 0.15) is 9.53 Å². The lowest BCUT2D eigenvalue weighted by atomic mass is 10.5. The Morgan fingerprint density at radius 1 is 1.45 bits per heavy atom. The molecule has 3 nitrogen and oxygen atoms in total. The summed E-state index contributed by atoms with van der Waals surface area (Å²) in [6.45, 7) is 1.89. The molecular formula is C7H6IN3. The van der Waals surface area contributed by atoms with Crippen LogP contribution in [0.4, 0.5) is 0 Å². The number of pyridine rings is 1. The molecule has 0 fully saturated rings. The third-order valence-corrected chi connectivity index (χ3v) is 2.24. The fourth-order valence-corrected chi connectivity index (χ4v) is 1.54. The largest absolute Gasteiger partial charge is 0.212 e. The van der Waals surface area contributed by atoms with Gasteiger partial charge in [0.15, 0.2) is 5.65 Å². The van der Waals surface area contributed by atoms with Crippen molar-refractivity contribution in [3.05, 3.63) is 27.7 Å². The Bertz CT molecular complexity index is 393. The zero-order chi connectivity index (χ0) is 7.84. The van der Waals surface area contributed by atoms with Crippen LogP contribution in [0.15, 0.2) is 18.2 Å². The highest BCUT2D eigenvalue weighted by atomic mass is 127. The van der Waals surface area contributed by atoms with Crippen molar-refractivity contribution in [2.24, 2.45) is 0 Å². The van der Waals surface area contributed by atoms with E-state index in [1.54, 1.807) is 0 Å². The molecule has 2 rings (SSSR count). The van der Waals surface area contributed by atoms with E-state index >= 15 is 0 Å². The lowest BCUT2D eigenvalue weighted by Gasteiger charge is -1.91. The molecule has 2 heterocycles. The number of aryl methyl sites for hydroxylation is 1. The average molecular weight is 259 g/mol. The fraction of sp³-hybridized carbons (Fsp3) is 0.143. The topological polar surface area (TPSA) is 30.2 Å². The molecule has 0 saturated carbocycles. The second-order valence-electron chi connectivity index (χ2n) is 2.28. The molecule has 0 radical (unpaired) electrons. The molecule has 0 saturated heterocycles. The molecule has 2 aromatic rings. The Morgan fingerprint density at radius 3 is 3.00 bits per heavy atom. The average Bonchev–Trinajstić information content (AvgIpc) is 2.31. The highest BCUT2D eigenvalue weighted by Crippen LogP contribution is 2.07. The number of rotatable bonds is 0. The Morgan fingerprint density at radius 2 is 2.27 bits per heavy atom. The van der Waals surface area contributed by atoms with Gasteiger partial charge in [-0.3, -0.25) is 0 Å². The van der Waals surface area contributed by atoms with Crippen molar-refractivity contribution in [2.75, 3.05) is 0 Å². The summed E-state index contributed by atoms with van der Waals surface area (Å²) < 4.78 is 2.91. The van der Waals surface area contributed by atoms with Gasteiger partial charge in [-0.05, 0) is 41.6 Å². The first-order valence-corrected chi connectivity index (χ1v) is 4.33. The minimum Gasteiger partial charge on any atom is -0.212 e. The Labute approximate surface area is 77.6 Å². The molecule has 0 N–H and O–H groups in total. The zero-order valence-electron chi connectivity index (χ0n) is 5.95. The number of hydrogen-bond donors (Lipinski definition) is 0. The monoisotopic (exact) mass is 259 g/mol. The van der Waals surface area contributed by atoms with Crippen LogP contribution in [0.2, 0.25) is 0 Å². The highest BCUT2D eigenvalue weighted by Gasteiger charge is 1.99. The molecule has 0 unspecified atom stereocenters. The van der Waals surface area contributed by atoms with E-state index < -0.39 is 0 Å². The number of aromatic nitrogens is 3. The van der Waals surface area contributed by atoms with Crippen LogP contribution in [0.5, 0.6) is 0 Å². The second-order valence-corrected chi connectivity index (χ2v) is 3.38. The summed E-state index contributed by atoms with van der Waals surface area (Å²) in [7, 11) is 0. The summed E-state index contributed by atoms with van der Waals surface area (Å²) in [4.78, 5) is 4.22. The number of nitrogens with zero attached hydrogens (tertiary/aromatic N) is 3. The van der Waals surface area contributed by atoms with Gasteiger partial charge >= 0.3 is 0 Å². The molecule has 4 heteroatoms. The number of fused-ring (bicyclic) bond motifs is 1. The van der Waals surface area contributed by atoms with Gasteiger partial charge in [0.05, 0.1) is 0 Å². The van der Waals surface area contributed by atoms with Gasteiger partial charge in [0.2, 0.25) is 0 Å². The van der Waals surface area contributed by atoms with Crippen molar-refractivity contribution in [3.63, 3.8) is 0 Å².